The van der Waals surface area contributed by atoms with Crippen LogP contribution in [0.25, 0.3) is 5.69 Å². The molecule has 6 nitrogen and oxygen atoms in total. The molecule has 0 bridgehead atoms. The van der Waals surface area contributed by atoms with Crippen molar-refractivity contribution in [3.8, 4) is 5.69 Å². The Bertz CT molecular complexity index is 770. The van der Waals surface area contributed by atoms with Gasteiger partial charge in [-0.15, -0.1) is 0 Å². The van der Waals surface area contributed by atoms with E-state index in [0.717, 1.165) is 5.69 Å². The van der Waals surface area contributed by atoms with Crippen LogP contribution in [0.3, 0.4) is 0 Å². The highest BCUT2D eigenvalue weighted by Gasteiger charge is 2.16. The highest BCUT2D eigenvalue weighted by atomic mass is 32.2. The van der Waals surface area contributed by atoms with Gasteiger partial charge < -0.3 is 4.74 Å². The quantitative estimate of drug-likeness (QED) is 0.872. The summed E-state index contributed by atoms with van der Waals surface area (Å²) in [6.45, 7) is 3.32. The SMILES string of the molecule is COC(C)Cc1cc(C(C)F)nn1-c1ccc(S(N)(=O)=O)cc1. The first kappa shape index (κ1) is 17.6. The minimum absolute atomic E-state index is 0.0132. The number of rotatable bonds is 6. The van der Waals surface area contributed by atoms with Crippen LogP contribution >= 0.6 is 0 Å². The molecule has 2 atom stereocenters. The maximum absolute atomic E-state index is 13.6. The summed E-state index contributed by atoms with van der Waals surface area (Å²) in [5.74, 6) is 0. The van der Waals surface area contributed by atoms with Gasteiger partial charge in [-0.2, -0.15) is 5.10 Å². The molecular weight excluding hydrogens is 321 g/mol. The zero-order valence-electron chi connectivity index (χ0n) is 13.2. The Labute approximate surface area is 135 Å². The maximum Gasteiger partial charge on any atom is 0.238 e. The molecule has 0 fully saturated rings. The molecule has 0 aliphatic carbocycles. The van der Waals surface area contributed by atoms with Crippen molar-refractivity contribution in [1.82, 2.24) is 9.78 Å². The summed E-state index contributed by atoms with van der Waals surface area (Å²) in [6, 6.07) is 7.65. The van der Waals surface area contributed by atoms with Crippen molar-refractivity contribution < 1.29 is 17.5 Å². The third kappa shape index (κ3) is 4.15. The van der Waals surface area contributed by atoms with E-state index < -0.39 is 16.2 Å². The Morgan fingerprint density at radius 1 is 1.30 bits per heavy atom. The van der Waals surface area contributed by atoms with E-state index in [4.69, 9.17) is 9.88 Å². The molecule has 0 spiro atoms. The Kier molecular flexibility index (Phi) is 5.18. The van der Waals surface area contributed by atoms with Crippen molar-refractivity contribution in [1.29, 1.82) is 0 Å². The van der Waals surface area contributed by atoms with E-state index in [2.05, 4.69) is 5.10 Å². The first-order valence-corrected chi connectivity index (χ1v) is 8.66. The molecule has 0 aliphatic heterocycles. The zero-order valence-corrected chi connectivity index (χ0v) is 14.0. The minimum Gasteiger partial charge on any atom is -0.381 e. The Morgan fingerprint density at radius 3 is 2.39 bits per heavy atom. The van der Waals surface area contributed by atoms with E-state index in [1.165, 1.54) is 19.1 Å². The van der Waals surface area contributed by atoms with Crippen LogP contribution in [0.4, 0.5) is 4.39 Å². The summed E-state index contributed by atoms with van der Waals surface area (Å²) < 4.78 is 43.0. The molecule has 0 saturated heterocycles. The average Bonchev–Trinajstić information content (AvgIpc) is 2.90. The minimum atomic E-state index is -3.75. The Hall–Kier alpha value is -1.77. The molecular formula is C15H20FN3O3S. The van der Waals surface area contributed by atoms with Gasteiger partial charge >= 0.3 is 0 Å². The lowest BCUT2D eigenvalue weighted by atomic mass is 10.2. The zero-order chi connectivity index (χ0) is 17.2. The molecule has 8 heteroatoms. The molecule has 1 aromatic carbocycles. The standard InChI is InChI=1S/C15H20FN3O3S/c1-10(22-3)8-13-9-15(11(2)16)18-19(13)12-4-6-14(7-5-12)23(17,20)21/h4-7,9-11H,8H2,1-3H3,(H2,17,20,21). The second kappa shape index (κ2) is 6.77. The van der Waals surface area contributed by atoms with Crippen LogP contribution in [-0.4, -0.2) is 31.4 Å². The average molecular weight is 341 g/mol. The number of primary sulfonamides is 1. The first-order valence-electron chi connectivity index (χ1n) is 7.11. The van der Waals surface area contributed by atoms with E-state index in [-0.39, 0.29) is 11.0 Å². The van der Waals surface area contributed by atoms with Crippen molar-refractivity contribution in [2.45, 2.75) is 37.4 Å². The van der Waals surface area contributed by atoms with Crippen LogP contribution in [0.5, 0.6) is 0 Å². The number of sulfonamides is 1. The van der Waals surface area contributed by atoms with E-state index in [1.54, 1.807) is 30.0 Å². The van der Waals surface area contributed by atoms with Crippen molar-refractivity contribution in [3.05, 3.63) is 41.7 Å². The summed E-state index contributed by atoms with van der Waals surface area (Å²) >= 11 is 0. The number of ether oxygens (including phenoxy) is 1. The lowest BCUT2D eigenvalue weighted by Crippen LogP contribution is -2.14. The van der Waals surface area contributed by atoms with Gasteiger partial charge in [0.15, 0.2) is 0 Å². The second-order valence-corrected chi connectivity index (χ2v) is 6.94. The van der Waals surface area contributed by atoms with Crippen LogP contribution < -0.4 is 5.14 Å². The van der Waals surface area contributed by atoms with E-state index in [0.29, 0.717) is 17.8 Å². The van der Waals surface area contributed by atoms with Gasteiger partial charge in [0.2, 0.25) is 10.0 Å². The lowest BCUT2D eigenvalue weighted by molar-refractivity contribution is 0.117. The second-order valence-electron chi connectivity index (χ2n) is 5.38. The smallest absolute Gasteiger partial charge is 0.238 e. The van der Waals surface area contributed by atoms with Crippen LogP contribution in [0.15, 0.2) is 35.2 Å². The molecule has 126 valence electrons. The molecule has 0 radical (unpaired) electrons. The van der Waals surface area contributed by atoms with Crippen molar-refractivity contribution in [3.63, 3.8) is 0 Å². The summed E-state index contributed by atoms with van der Waals surface area (Å²) in [4.78, 5) is 0.0132. The van der Waals surface area contributed by atoms with Gasteiger partial charge in [0.05, 0.1) is 22.4 Å². The number of hydrogen-bond donors (Lipinski definition) is 1. The first-order chi connectivity index (χ1) is 10.7. The normalized spacial score (nSPS) is 14.7. The topological polar surface area (TPSA) is 87.2 Å². The summed E-state index contributed by atoms with van der Waals surface area (Å²) in [5.41, 5.74) is 1.73. The molecule has 2 N–H and O–H groups in total. The van der Waals surface area contributed by atoms with E-state index in [1.807, 2.05) is 6.92 Å². The van der Waals surface area contributed by atoms with Gasteiger partial charge in [-0.3, -0.25) is 0 Å². The number of nitrogens with two attached hydrogens (primary N) is 1. The fourth-order valence-corrected chi connectivity index (χ4v) is 2.67. The van der Waals surface area contributed by atoms with Crippen LogP contribution in [0, 0.1) is 0 Å². The fourth-order valence-electron chi connectivity index (χ4n) is 2.16. The third-order valence-electron chi connectivity index (χ3n) is 3.52. The van der Waals surface area contributed by atoms with Crippen molar-refractivity contribution in [2.75, 3.05) is 7.11 Å². The highest BCUT2D eigenvalue weighted by Crippen LogP contribution is 2.22. The number of benzene rings is 1. The van der Waals surface area contributed by atoms with Gasteiger partial charge in [-0.25, -0.2) is 22.6 Å². The van der Waals surface area contributed by atoms with Gasteiger partial charge in [0.25, 0.3) is 0 Å². The van der Waals surface area contributed by atoms with Gasteiger partial charge in [-0.1, -0.05) is 0 Å². The summed E-state index contributed by atoms with van der Waals surface area (Å²) in [7, 11) is -2.15. The van der Waals surface area contributed by atoms with Crippen molar-refractivity contribution >= 4 is 10.0 Å². The number of hydrogen-bond acceptors (Lipinski definition) is 4. The summed E-state index contributed by atoms with van der Waals surface area (Å²) in [6.07, 6.45) is -0.707. The molecule has 0 aliphatic rings. The summed E-state index contributed by atoms with van der Waals surface area (Å²) in [5, 5.41) is 9.35. The highest BCUT2D eigenvalue weighted by molar-refractivity contribution is 7.89. The van der Waals surface area contributed by atoms with Gasteiger partial charge in [0, 0.05) is 19.2 Å². The molecule has 0 amide bonds. The van der Waals surface area contributed by atoms with Gasteiger partial charge in [-0.05, 0) is 44.2 Å². The van der Waals surface area contributed by atoms with Crippen LogP contribution in [-0.2, 0) is 21.2 Å². The Morgan fingerprint density at radius 2 is 1.91 bits per heavy atom. The van der Waals surface area contributed by atoms with Crippen molar-refractivity contribution in [2.24, 2.45) is 5.14 Å². The molecule has 2 unspecified atom stereocenters. The Balaban J connectivity index is 2.44. The molecule has 1 aromatic heterocycles. The molecule has 0 saturated carbocycles. The van der Waals surface area contributed by atoms with Gasteiger partial charge in [0.1, 0.15) is 6.17 Å². The number of alkyl halides is 1. The molecule has 2 aromatic rings. The van der Waals surface area contributed by atoms with Crippen LogP contribution in [0.2, 0.25) is 0 Å². The number of halogens is 1. The predicted molar refractivity (Wildman–Crippen MR) is 84.6 cm³/mol. The molecule has 1 heterocycles. The van der Waals surface area contributed by atoms with E-state index >= 15 is 0 Å². The fraction of sp³-hybridized carbons (Fsp3) is 0.400. The maximum atomic E-state index is 13.6. The number of aromatic nitrogens is 2. The molecule has 2 rings (SSSR count). The van der Waals surface area contributed by atoms with E-state index in [9.17, 15) is 12.8 Å². The van der Waals surface area contributed by atoms with Crippen LogP contribution in [0.1, 0.15) is 31.4 Å². The monoisotopic (exact) mass is 341 g/mol. The predicted octanol–water partition coefficient (Wildman–Crippen LogP) is 2.13. The molecule has 23 heavy (non-hydrogen) atoms. The number of methoxy groups -OCH3 is 1. The lowest BCUT2D eigenvalue weighted by Gasteiger charge is -2.12. The largest absolute Gasteiger partial charge is 0.381 e. The third-order valence-corrected chi connectivity index (χ3v) is 4.45. The number of nitrogens with zero attached hydrogens (tertiary/aromatic N) is 2.